The molecule has 3 N–H and O–H groups in total. The van der Waals surface area contributed by atoms with Crippen molar-refractivity contribution in [2.45, 2.75) is 18.9 Å². The van der Waals surface area contributed by atoms with E-state index in [9.17, 15) is 4.79 Å². The fourth-order valence-corrected chi connectivity index (χ4v) is 2.33. The van der Waals surface area contributed by atoms with Gasteiger partial charge in [-0.2, -0.15) is 0 Å². The third-order valence-electron chi connectivity index (χ3n) is 3.55. The number of hydrogen-bond acceptors (Lipinski definition) is 4. The average molecular weight is 327 g/mol. The molecular weight excluding hydrogens is 304 g/mol. The summed E-state index contributed by atoms with van der Waals surface area (Å²) >= 11 is 0. The highest BCUT2D eigenvalue weighted by Crippen LogP contribution is 2.21. The molecule has 0 spiro atoms. The molecule has 1 aliphatic heterocycles. The lowest BCUT2D eigenvalue weighted by molar-refractivity contribution is -0.119. The van der Waals surface area contributed by atoms with E-state index in [1.54, 1.807) is 12.1 Å². The number of nitrogens with two attached hydrogens (primary N) is 1. The zero-order valence-corrected chi connectivity index (χ0v) is 13.3. The maximum Gasteiger partial charge on any atom is 0.241 e. The molecule has 0 aliphatic carbocycles. The molecule has 0 saturated carbocycles. The first-order valence-electron chi connectivity index (χ1n) is 7.18. The maximum atomic E-state index is 12.2. The Kier molecular flexibility index (Phi) is 7.95. The molecule has 0 aromatic heterocycles. The van der Waals surface area contributed by atoms with Gasteiger partial charge in [0, 0.05) is 25.0 Å². The van der Waals surface area contributed by atoms with Gasteiger partial charge in [0.1, 0.15) is 12.4 Å². The summed E-state index contributed by atoms with van der Waals surface area (Å²) in [5.74, 6) is 0.703. The fourth-order valence-electron chi connectivity index (χ4n) is 2.33. The van der Waals surface area contributed by atoms with Crippen LogP contribution in [0.2, 0.25) is 0 Å². The molecule has 1 amide bonds. The molecule has 1 heterocycles. The number of ether oxygens (including phenoxy) is 2. The predicted molar refractivity (Wildman–Crippen MR) is 89.5 cm³/mol. The van der Waals surface area contributed by atoms with E-state index in [4.69, 9.17) is 15.2 Å². The number of halogens is 1. The quantitative estimate of drug-likeness (QED) is 0.787. The second-order valence-electron chi connectivity index (χ2n) is 5.09. The molecule has 2 rings (SSSR count). The van der Waals surface area contributed by atoms with Crippen LogP contribution in [0.5, 0.6) is 5.75 Å². The van der Waals surface area contributed by atoms with Crippen molar-refractivity contribution in [3.63, 3.8) is 0 Å². The lowest BCUT2D eigenvalue weighted by Crippen LogP contribution is -2.43. The Morgan fingerprint density at radius 2 is 2.23 bits per heavy atom. The summed E-state index contributed by atoms with van der Waals surface area (Å²) in [7, 11) is 0. The first-order valence-corrected chi connectivity index (χ1v) is 7.18. The van der Waals surface area contributed by atoms with Gasteiger partial charge in [-0.25, -0.2) is 0 Å². The van der Waals surface area contributed by atoms with Crippen LogP contribution in [-0.4, -0.2) is 31.8 Å². The molecule has 1 aromatic rings. The largest absolute Gasteiger partial charge is 0.489 e. The van der Waals surface area contributed by atoms with Gasteiger partial charge in [-0.1, -0.05) is 18.7 Å². The fraction of sp³-hybridized carbons (Fsp3) is 0.438. The summed E-state index contributed by atoms with van der Waals surface area (Å²) < 4.78 is 10.7. The van der Waals surface area contributed by atoms with Crippen LogP contribution in [0.1, 0.15) is 12.8 Å². The molecule has 0 bridgehead atoms. The highest BCUT2D eigenvalue weighted by molar-refractivity contribution is 5.95. The van der Waals surface area contributed by atoms with Crippen molar-refractivity contribution in [1.82, 2.24) is 0 Å². The first-order chi connectivity index (χ1) is 10.2. The van der Waals surface area contributed by atoms with E-state index in [1.165, 1.54) is 0 Å². The Morgan fingerprint density at radius 1 is 1.50 bits per heavy atom. The smallest absolute Gasteiger partial charge is 0.241 e. The summed E-state index contributed by atoms with van der Waals surface area (Å²) in [5.41, 5.74) is 6.73. The zero-order valence-electron chi connectivity index (χ0n) is 12.5. The van der Waals surface area contributed by atoms with Crippen LogP contribution < -0.4 is 15.8 Å². The first kappa shape index (κ1) is 18.5. The van der Waals surface area contributed by atoms with Crippen molar-refractivity contribution in [1.29, 1.82) is 0 Å². The number of anilines is 1. The normalized spacial score (nSPS) is 16.2. The van der Waals surface area contributed by atoms with Gasteiger partial charge in [-0.15, -0.1) is 12.4 Å². The second-order valence-corrected chi connectivity index (χ2v) is 5.09. The van der Waals surface area contributed by atoms with Gasteiger partial charge in [0.2, 0.25) is 5.91 Å². The topological polar surface area (TPSA) is 73.6 Å². The Hall–Kier alpha value is -1.56. The van der Waals surface area contributed by atoms with E-state index in [0.29, 0.717) is 31.3 Å². The van der Waals surface area contributed by atoms with Crippen LogP contribution in [0.4, 0.5) is 5.69 Å². The Bertz CT molecular complexity index is 490. The molecule has 5 nitrogen and oxygen atoms in total. The summed E-state index contributed by atoms with van der Waals surface area (Å²) in [6.45, 7) is 5.38. The van der Waals surface area contributed by atoms with Crippen molar-refractivity contribution in [3.8, 4) is 5.75 Å². The number of benzene rings is 1. The SMILES string of the molecule is C=CCOc1cccc(NC(=O)C(N)C2CCOCC2)c1.Cl. The van der Waals surface area contributed by atoms with Crippen LogP contribution in [0.25, 0.3) is 0 Å². The molecule has 1 fully saturated rings. The highest BCUT2D eigenvalue weighted by Gasteiger charge is 2.26. The molecule has 22 heavy (non-hydrogen) atoms. The number of carbonyl (C=O) groups is 1. The number of nitrogens with one attached hydrogen (secondary N) is 1. The van der Waals surface area contributed by atoms with Gasteiger partial charge in [0.25, 0.3) is 0 Å². The van der Waals surface area contributed by atoms with Crippen molar-refractivity contribution in [2.75, 3.05) is 25.1 Å². The Labute approximate surface area is 137 Å². The van der Waals surface area contributed by atoms with Crippen molar-refractivity contribution in [3.05, 3.63) is 36.9 Å². The van der Waals surface area contributed by atoms with Gasteiger partial charge in [0.15, 0.2) is 0 Å². The minimum atomic E-state index is -0.508. The van der Waals surface area contributed by atoms with Crippen LogP contribution in [-0.2, 0) is 9.53 Å². The zero-order chi connectivity index (χ0) is 15.1. The van der Waals surface area contributed by atoms with Crippen molar-refractivity contribution >= 4 is 24.0 Å². The monoisotopic (exact) mass is 326 g/mol. The Morgan fingerprint density at radius 3 is 2.91 bits per heavy atom. The molecular formula is C16H23ClN2O3. The Balaban J connectivity index is 0.00000242. The molecule has 1 atom stereocenters. The summed E-state index contributed by atoms with van der Waals surface area (Å²) in [6, 6.07) is 6.74. The van der Waals surface area contributed by atoms with Gasteiger partial charge in [-0.05, 0) is 30.9 Å². The third-order valence-corrected chi connectivity index (χ3v) is 3.55. The number of carbonyl (C=O) groups excluding carboxylic acids is 1. The summed E-state index contributed by atoms with van der Waals surface area (Å²) in [6.07, 6.45) is 3.33. The molecule has 0 radical (unpaired) electrons. The van der Waals surface area contributed by atoms with Crippen molar-refractivity contribution in [2.24, 2.45) is 11.7 Å². The summed E-state index contributed by atoms with van der Waals surface area (Å²) in [4.78, 5) is 12.2. The van der Waals surface area contributed by atoms with E-state index >= 15 is 0 Å². The van der Waals surface area contributed by atoms with E-state index < -0.39 is 6.04 Å². The van der Waals surface area contributed by atoms with Crippen molar-refractivity contribution < 1.29 is 14.3 Å². The van der Waals surface area contributed by atoms with Gasteiger partial charge in [0.05, 0.1) is 6.04 Å². The predicted octanol–water partition coefficient (Wildman–Crippen LogP) is 2.37. The van der Waals surface area contributed by atoms with Crippen LogP contribution >= 0.6 is 12.4 Å². The van der Waals surface area contributed by atoms with Crippen LogP contribution in [0, 0.1) is 5.92 Å². The highest BCUT2D eigenvalue weighted by atomic mass is 35.5. The van der Waals surface area contributed by atoms with Gasteiger partial charge >= 0.3 is 0 Å². The minimum Gasteiger partial charge on any atom is -0.489 e. The second kappa shape index (κ2) is 9.46. The van der Waals surface area contributed by atoms with Gasteiger partial charge in [-0.3, -0.25) is 4.79 Å². The number of hydrogen-bond donors (Lipinski definition) is 2. The molecule has 1 unspecified atom stereocenters. The number of amides is 1. The molecule has 1 aromatic carbocycles. The minimum absolute atomic E-state index is 0. The number of rotatable bonds is 6. The molecule has 1 aliphatic rings. The molecule has 1 saturated heterocycles. The summed E-state index contributed by atoms with van der Waals surface area (Å²) in [5, 5.41) is 2.85. The molecule has 122 valence electrons. The maximum absolute atomic E-state index is 12.2. The van der Waals surface area contributed by atoms with Crippen LogP contribution in [0.15, 0.2) is 36.9 Å². The van der Waals surface area contributed by atoms with E-state index in [2.05, 4.69) is 11.9 Å². The third kappa shape index (κ3) is 5.33. The van der Waals surface area contributed by atoms with E-state index in [1.807, 2.05) is 18.2 Å². The van der Waals surface area contributed by atoms with Crippen LogP contribution in [0.3, 0.4) is 0 Å². The standard InChI is InChI=1S/C16H22N2O3.ClH/c1-2-8-21-14-5-3-4-13(11-14)18-16(19)15(17)12-6-9-20-10-7-12;/h2-5,11-12,15H,1,6-10,17H2,(H,18,19);1H. The van der Waals surface area contributed by atoms with E-state index in [0.717, 1.165) is 12.8 Å². The lowest BCUT2D eigenvalue weighted by atomic mass is 9.92. The lowest BCUT2D eigenvalue weighted by Gasteiger charge is -2.26. The van der Waals surface area contributed by atoms with Gasteiger partial charge < -0.3 is 20.5 Å². The molecule has 6 heteroatoms. The van der Waals surface area contributed by atoms with E-state index in [-0.39, 0.29) is 24.2 Å². The average Bonchev–Trinajstić information content (AvgIpc) is 2.53.